The Morgan fingerprint density at radius 1 is 1.00 bits per heavy atom. The molecule has 31 heavy (non-hydrogen) atoms. The molecule has 7 nitrogen and oxygen atoms in total. The number of hydroxylamine groups is 2. The number of fused-ring (bicyclic) bond motifs is 1. The van der Waals surface area contributed by atoms with Crippen LogP contribution in [0.3, 0.4) is 0 Å². The number of hydrogen-bond donors (Lipinski definition) is 1. The fraction of sp³-hybridized carbons (Fsp3) is 0.208. The number of aryl methyl sites for hydroxylation is 1. The lowest BCUT2D eigenvalue weighted by Crippen LogP contribution is -2.38. The lowest BCUT2D eigenvalue weighted by Gasteiger charge is -2.22. The minimum Gasteiger partial charge on any atom is -0.493 e. The SMILES string of the molecule is CC1=CC2=NC(=O)/C(=C\c3ccc(OCCCOc4ccc(C)cc4)cc3)C(=N)N2O1. The molecule has 2 aliphatic rings. The standard InChI is InChI=1S/C24H23N3O4/c1-16-4-8-19(9-5-16)29-12-3-13-30-20-10-6-18(7-11-20)15-21-23(25)27-22(26-24(21)28)14-17(2)31-27/h4-11,14-15,25H,3,12-13H2,1-2H3/b21-15-,25-23?. The predicted molar refractivity (Wildman–Crippen MR) is 118 cm³/mol. The zero-order chi connectivity index (χ0) is 21.8. The maximum absolute atomic E-state index is 12.3. The van der Waals surface area contributed by atoms with Crippen LogP contribution in [0.4, 0.5) is 0 Å². The van der Waals surface area contributed by atoms with Gasteiger partial charge >= 0.3 is 0 Å². The number of carbonyl (C=O) groups excluding carboxylic acids is 1. The summed E-state index contributed by atoms with van der Waals surface area (Å²) in [5, 5.41) is 9.50. The Morgan fingerprint density at radius 2 is 1.61 bits per heavy atom. The van der Waals surface area contributed by atoms with E-state index in [1.807, 2.05) is 55.5 Å². The van der Waals surface area contributed by atoms with Crippen molar-refractivity contribution in [2.45, 2.75) is 20.3 Å². The van der Waals surface area contributed by atoms with E-state index in [9.17, 15) is 4.79 Å². The third-order valence-electron chi connectivity index (χ3n) is 4.72. The highest BCUT2D eigenvalue weighted by molar-refractivity contribution is 6.32. The Hall–Kier alpha value is -3.87. The maximum atomic E-state index is 12.3. The van der Waals surface area contributed by atoms with Crippen molar-refractivity contribution in [2.24, 2.45) is 4.99 Å². The zero-order valence-electron chi connectivity index (χ0n) is 17.4. The molecule has 0 saturated heterocycles. The topological polar surface area (TPSA) is 84.2 Å². The van der Waals surface area contributed by atoms with Crippen LogP contribution in [0.1, 0.15) is 24.5 Å². The van der Waals surface area contributed by atoms with Gasteiger partial charge in [-0.15, -0.1) is 5.06 Å². The van der Waals surface area contributed by atoms with Crippen LogP contribution in [0.25, 0.3) is 6.08 Å². The fourth-order valence-corrected chi connectivity index (χ4v) is 3.10. The van der Waals surface area contributed by atoms with E-state index in [1.54, 1.807) is 19.1 Å². The highest BCUT2D eigenvalue weighted by Crippen LogP contribution is 2.24. The molecule has 7 heteroatoms. The van der Waals surface area contributed by atoms with Gasteiger partial charge in [0.1, 0.15) is 17.3 Å². The average molecular weight is 417 g/mol. The van der Waals surface area contributed by atoms with Crippen molar-refractivity contribution in [3.63, 3.8) is 0 Å². The van der Waals surface area contributed by atoms with Crippen LogP contribution in [0.15, 0.2) is 70.9 Å². The molecule has 1 N–H and O–H groups in total. The fourth-order valence-electron chi connectivity index (χ4n) is 3.10. The predicted octanol–water partition coefficient (Wildman–Crippen LogP) is 4.29. The lowest BCUT2D eigenvalue weighted by molar-refractivity contribution is -0.114. The molecule has 0 unspecified atom stereocenters. The molecule has 2 aromatic rings. The third kappa shape index (κ3) is 4.83. The van der Waals surface area contributed by atoms with Gasteiger partial charge in [0.25, 0.3) is 5.91 Å². The summed E-state index contributed by atoms with van der Waals surface area (Å²) in [6.07, 6.45) is 4.01. The number of benzene rings is 2. The average Bonchev–Trinajstić information content (AvgIpc) is 3.13. The number of ether oxygens (including phenoxy) is 2. The van der Waals surface area contributed by atoms with Gasteiger partial charge in [-0.25, -0.2) is 0 Å². The number of allylic oxidation sites excluding steroid dienone is 1. The van der Waals surface area contributed by atoms with Gasteiger partial charge in [0.2, 0.25) is 0 Å². The minimum atomic E-state index is -0.459. The second-order valence-electron chi connectivity index (χ2n) is 7.25. The Labute approximate surface area is 180 Å². The van der Waals surface area contributed by atoms with Crippen LogP contribution in [-0.2, 0) is 9.63 Å². The summed E-state index contributed by atoms with van der Waals surface area (Å²) in [6.45, 7) is 4.90. The maximum Gasteiger partial charge on any atom is 0.282 e. The Morgan fingerprint density at radius 3 is 2.26 bits per heavy atom. The second kappa shape index (κ2) is 8.87. The molecule has 0 spiro atoms. The number of rotatable bonds is 7. The van der Waals surface area contributed by atoms with Crippen molar-refractivity contribution >= 4 is 23.7 Å². The number of amides is 1. The summed E-state index contributed by atoms with van der Waals surface area (Å²) in [7, 11) is 0. The Kier molecular flexibility index (Phi) is 5.84. The smallest absolute Gasteiger partial charge is 0.282 e. The summed E-state index contributed by atoms with van der Waals surface area (Å²) < 4.78 is 11.4. The molecule has 4 rings (SSSR count). The number of nitrogens with one attached hydrogen (secondary N) is 1. The Bertz CT molecular complexity index is 1080. The highest BCUT2D eigenvalue weighted by Gasteiger charge is 2.34. The zero-order valence-corrected chi connectivity index (χ0v) is 17.4. The first-order valence-corrected chi connectivity index (χ1v) is 10.0. The van der Waals surface area contributed by atoms with Gasteiger partial charge < -0.3 is 14.3 Å². The molecule has 0 fully saturated rings. The molecule has 0 saturated carbocycles. The van der Waals surface area contributed by atoms with Crippen LogP contribution < -0.4 is 9.47 Å². The monoisotopic (exact) mass is 417 g/mol. The normalized spacial score (nSPS) is 16.6. The van der Waals surface area contributed by atoms with Gasteiger partial charge in [0.15, 0.2) is 11.7 Å². The van der Waals surface area contributed by atoms with Crippen LogP contribution >= 0.6 is 0 Å². The van der Waals surface area contributed by atoms with Gasteiger partial charge in [0, 0.05) is 12.5 Å². The van der Waals surface area contributed by atoms with E-state index in [-0.39, 0.29) is 11.4 Å². The third-order valence-corrected chi connectivity index (χ3v) is 4.72. The van der Waals surface area contributed by atoms with Gasteiger partial charge in [-0.05, 0) is 49.8 Å². The first kappa shape index (κ1) is 20.4. The number of amidine groups is 2. The van der Waals surface area contributed by atoms with E-state index >= 15 is 0 Å². The first-order valence-electron chi connectivity index (χ1n) is 10.0. The molecule has 158 valence electrons. The number of carbonyl (C=O) groups is 1. The molecule has 0 aliphatic carbocycles. The highest BCUT2D eigenvalue weighted by atomic mass is 16.7. The van der Waals surface area contributed by atoms with Crippen molar-refractivity contribution in [1.29, 1.82) is 5.41 Å². The van der Waals surface area contributed by atoms with Crippen LogP contribution in [0.2, 0.25) is 0 Å². The van der Waals surface area contributed by atoms with Crippen molar-refractivity contribution in [1.82, 2.24) is 5.06 Å². The molecule has 0 aromatic heterocycles. The summed E-state index contributed by atoms with van der Waals surface area (Å²) in [6, 6.07) is 15.3. The summed E-state index contributed by atoms with van der Waals surface area (Å²) >= 11 is 0. The summed E-state index contributed by atoms with van der Waals surface area (Å²) in [4.78, 5) is 21.7. The van der Waals surface area contributed by atoms with Crippen molar-refractivity contribution < 1.29 is 19.1 Å². The Balaban J connectivity index is 1.29. The van der Waals surface area contributed by atoms with Crippen molar-refractivity contribution in [2.75, 3.05) is 13.2 Å². The second-order valence-corrected chi connectivity index (χ2v) is 7.25. The molecule has 0 bridgehead atoms. The molecule has 2 aromatic carbocycles. The summed E-state index contributed by atoms with van der Waals surface area (Å²) in [5.41, 5.74) is 2.15. The van der Waals surface area contributed by atoms with Crippen molar-refractivity contribution in [3.8, 4) is 11.5 Å². The van der Waals surface area contributed by atoms with E-state index in [1.165, 1.54) is 10.6 Å². The summed E-state index contributed by atoms with van der Waals surface area (Å²) in [5.74, 6) is 2.01. The molecular formula is C24H23N3O4. The first-order chi connectivity index (χ1) is 15.0. The molecule has 2 aliphatic heterocycles. The molecule has 2 heterocycles. The van der Waals surface area contributed by atoms with Gasteiger partial charge in [-0.2, -0.15) is 4.99 Å². The minimum absolute atomic E-state index is 0.0306. The van der Waals surface area contributed by atoms with Crippen LogP contribution in [-0.4, -0.2) is 35.9 Å². The van der Waals surface area contributed by atoms with E-state index in [4.69, 9.17) is 19.7 Å². The van der Waals surface area contributed by atoms with E-state index < -0.39 is 5.91 Å². The molecule has 1 amide bonds. The van der Waals surface area contributed by atoms with E-state index in [0.717, 1.165) is 23.5 Å². The molecule has 0 radical (unpaired) electrons. The van der Waals surface area contributed by atoms with Gasteiger partial charge in [-0.1, -0.05) is 29.8 Å². The lowest BCUT2D eigenvalue weighted by atomic mass is 10.1. The number of nitrogens with zero attached hydrogens (tertiary/aromatic N) is 2. The largest absolute Gasteiger partial charge is 0.493 e. The molecular weight excluding hydrogens is 394 g/mol. The molecule has 0 atom stereocenters. The quantitative estimate of drug-likeness (QED) is 0.537. The van der Waals surface area contributed by atoms with E-state index in [0.29, 0.717) is 24.8 Å². The van der Waals surface area contributed by atoms with Gasteiger partial charge in [0.05, 0.1) is 18.8 Å². The van der Waals surface area contributed by atoms with Gasteiger partial charge in [-0.3, -0.25) is 10.2 Å². The number of hydrogen-bond acceptors (Lipinski definition) is 5. The van der Waals surface area contributed by atoms with Crippen LogP contribution in [0.5, 0.6) is 11.5 Å². The van der Waals surface area contributed by atoms with E-state index in [2.05, 4.69) is 4.99 Å². The number of aliphatic imine (C=N–C) groups is 1. The van der Waals surface area contributed by atoms with Crippen molar-refractivity contribution in [3.05, 3.63) is 77.1 Å². The van der Waals surface area contributed by atoms with Crippen LogP contribution in [0, 0.1) is 12.3 Å².